The summed E-state index contributed by atoms with van der Waals surface area (Å²) in [6.07, 6.45) is 17.4. The van der Waals surface area contributed by atoms with Crippen LogP contribution in [-0.4, -0.2) is 40.8 Å². The summed E-state index contributed by atoms with van der Waals surface area (Å²) < 4.78 is 8.18. The summed E-state index contributed by atoms with van der Waals surface area (Å²) in [5, 5.41) is 8.76. The predicted molar refractivity (Wildman–Crippen MR) is 126 cm³/mol. The molecule has 8 heteroatoms. The number of pyridine rings is 2. The lowest BCUT2D eigenvalue weighted by Crippen LogP contribution is -2.19. The molecule has 6 rings (SSSR count). The Morgan fingerprint density at radius 2 is 1.85 bits per heavy atom. The van der Waals surface area contributed by atoms with Crippen molar-refractivity contribution in [3.63, 3.8) is 0 Å². The highest BCUT2D eigenvalue weighted by atomic mass is 16.5. The van der Waals surface area contributed by atoms with Gasteiger partial charge in [-0.1, -0.05) is 6.42 Å². The van der Waals surface area contributed by atoms with E-state index < -0.39 is 0 Å². The van der Waals surface area contributed by atoms with E-state index in [1.165, 1.54) is 19.3 Å². The molecule has 0 spiro atoms. The molecule has 8 nitrogen and oxygen atoms in total. The number of nitrogens with zero attached hydrogens (tertiary/aromatic N) is 5. The number of aromatic amines is 2. The lowest BCUT2D eigenvalue weighted by molar-refractivity contribution is 0.154. The third-order valence-electron chi connectivity index (χ3n) is 6.25. The van der Waals surface area contributed by atoms with E-state index in [1.807, 2.05) is 48.4 Å². The van der Waals surface area contributed by atoms with Gasteiger partial charge in [-0.25, -0.2) is 4.98 Å². The molecular weight excluding hydrogens is 414 g/mol. The number of aryl methyl sites for hydroxylation is 1. The highest BCUT2D eigenvalue weighted by Gasteiger charge is 2.16. The zero-order valence-corrected chi connectivity index (χ0v) is 18.5. The topological polar surface area (TPSA) is 97.3 Å². The average Bonchev–Trinajstić information content (AvgIpc) is 3.59. The molecule has 0 saturated heterocycles. The Morgan fingerprint density at radius 1 is 0.970 bits per heavy atom. The standard InChI is InChI=1S/C25H25N7O/c1-16-14-32(15-28-16)25-13-27-12-24-20(25)8-22(29-24)23-9-21(30-31-23)17-7-19(11-26-10-17)33-18-5-3-2-4-6-18/h7-15,18,29H,2-6H2,1H3,(H,30,31). The fourth-order valence-corrected chi connectivity index (χ4v) is 4.55. The number of hydrogen-bond donors (Lipinski definition) is 2. The minimum absolute atomic E-state index is 0.293. The van der Waals surface area contributed by atoms with Gasteiger partial charge in [0.2, 0.25) is 0 Å². The Morgan fingerprint density at radius 3 is 2.70 bits per heavy atom. The predicted octanol–water partition coefficient (Wildman–Crippen LogP) is 5.22. The van der Waals surface area contributed by atoms with Crippen LogP contribution in [-0.2, 0) is 0 Å². The van der Waals surface area contributed by atoms with Crippen LogP contribution in [0.5, 0.6) is 5.75 Å². The maximum Gasteiger partial charge on any atom is 0.138 e. The van der Waals surface area contributed by atoms with Crippen molar-refractivity contribution in [2.75, 3.05) is 0 Å². The number of H-pyrrole nitrogens is 2. The number of hydrogen-bond acceptors (Lipinski definition) is 5. The number of imidazole rings is 1. The largest absolute Gasteiger partial charge is 0.489 e. The van der Waals surface area contributed by atoms with Crippen LogP contribution in [0, 0.1) is 6.92 Å². The molecule has 0 unspecified atom stereocenters. The molecule has 5 heterocycles. The van der Waals surface area contributed by atoms with Gasteiger partial charge in [0.1, 0.15) is 11.4 Å². The fraction of sp³-hybridized carbons (Fsp3) is 0.280. The van der Waals surface area contributed by atoms with Gasteiger partial charge >= 0.3 is 0 Å². The van der Waals surface area contributed by atoms with Crippen molar-refractivity contribution in [2.24, 2.45) is 0 Å². The molecule has 0 atom stereocenters. The normalized spacial score (nSPS) is 14.7. The number of nitrogens with one attached hydrogen (secondary N) is 2. The van der Waals surface area contributed by atoms with Gasteiger partial charge in [-0.15, -0.1) is 0 Å². The Hall–Kier alpha value is -3.94. The lowest BCUT2D eigenvalue weighted by atomic mass is 9.98. The highest BCUT2D eigenvalue weighted by molar-refractivity contribution is 5.91. The Bertz CT molecular complexity index is 1410. The van der Waals surface area contributed by atoms with Crippen molar-refractivity contribution in [1.82, 2.24) is 34.7 Å². The van der Waals surface area contributed by atoms with Crippen molar-refractivity contribution < 1.29 is 4.74 Å². The summed E-state index contributed by atoms with van der Waals surface area (Å²) >= 11 is 0. The SMILES string of the molecule is Cc1cn(-c2cncc3[nH]c(-c4cc(-c5cncc(OC6CCCCC6)c5)[nH]n4)cc23)cn1. The molecule has 5 aromatic rings. The molecule has 1 saturated carbocycles. The van der Waals surface area contributed by atoms with Gasteiger partial charge in [-0.2, -0.15) is 5.10 Å². The number of aromatic nitrogens is 7. The van der Waals surface area contributed by atoms with Gasteiger partial charge < -0.3 is 14.3 Å². The van der Waals surface area contributed by atoms with Crippen molar-refractivity contribution in [2.45, 2.75) is 45.1 Å². The average molecular weight is 440 g/mol. The van der Waals surface area contributed by atoms with E-state index in [-0.39, 0.29) is 0 Å². The summed E-state index contributed by atoms with van der Waals surface area (Å²) in [5.41, 5.74) is 6.48. The van der Waals surface area contributed by atoms with Gasteiger partial charge in [0.25, 0.3) is 0 Å². The van der Waals surface area contributed by atoms with E-state index in [9.17, 15) is 0 Å². The molecule has 1 aliphatic rings. The molecule has 0 bridgehead atoms. The van der Waals surface area contributed by atoms with Crippen molar-refractivity contribution in [3.05, 3.63) is 61.2 Å². The Labute approximate surface area is 191 Å². The summed E-state index contributed by atoms with van der Waals surface area (Å²) in [5.74, 6) is 0.813. The van der Waals surface area contributed by atoms with Crippen LogP contribution in [0.4, 0.5) is 0 Å². The monoisotopic (exact) mass is 439 g/mol. The zero-order valence-electron chi connectivity index (χ0n) is 18.5. The molecule has 0 radical (unpaired) electrons. The summed E-state index contributed by atoms with van der Waals surface area (Å²) in [4.78, 5) is 16.6. The smallest absolute Gasteiger partial charge is 0.138 e. The molecule has 1 aliphatic carbocycles. The van der Waals surface area contributed by atoms with Gasteiger partial charge in [-0.3, -0.25) is 15.1 Å². The number of rotatable bonds is 5. The van der Waals surface area contributed by atoms with Crippen LogP contribution >= 0.6 is 0 Å². The summed E-state index contributed by atoms with van der Waals surface area (Å²) in [7, 11) is 0. The molecule has 33 heavy (non-hydrogen) atoms. The molecule has 0 aromatic carbocycles. The van der Waals surface area contributed by atoms with Crippen LogP contribution in [0.3, 0.4) is 0 Å². The Balaban J connectivity index is 1.29. The molecule has 166 valence electrons. The Kier molecular flexibility index (Phi) is 4.90. The van der Waals surface area contributed by atoms with Gasteiger partial charge in [0, 0.05) is 23.3 Å². The van der Waals surface area contributed by atoms with Crippen molar-refractivity contribution >= 4 is 10.9 Å². The third kappa shape index (κ3) is 3.88. The molecule has 0 aliphatic heterocycles. The first-order valence-electron chi connectivity index (χ1n) is 11.4. The molecule has 2 N–H and O–H groups in total. The minimum Gasteiger partial charge on any atom is -0.489 e. The maximum atomic E-state index is 6.19. The van der Waals surface area contributed by atoms with E-state index in [1.54, 1.807) is 12.5 Å². The zero-order chi connectivity index (χ0) is 22.2. The van der Waals surface area contributed by atoms with E-state index in [0.29, 0.717) is 6.10 Å². The summed E-state index contributed by atoms with van der Waals surface area (Å²) in [6, 6.07) is 6.16. The van der Waals surface area contributed by atoms with E-state index in [4.69, 9.17) is 4.74 Å². The van der Waals surface area contributed by atoms with Gasteiger partial charge in [0.05, 0.1) is 59.3 Å². The van der Waals surface area contributed by atoms with Crippen molar-refractivity contribution in [3.8, 4) is 34.1 Å². The second-order valence-electron chi connectivity index (χ2n) is 8.68. The minimum atomic E-state index is 0.293. The highest BCUT2D eigenvalue weighted by Crippen LogP contribution is 2.30. The number of fused-ring (bicyclic) bond motifs is 1. The molecule has 5 aromatic heterocycles. The van der Waals surface area contributed by atoms with Crippen molar-refractivity contribution in [1.29, 1.82) is 0 Å². The third-order valence-corrected chi connectivity index (χ3v) is 6.25. The first kappa shape index (κ1) is 19.7. The van der Waals surface area contributed by atoms with Gasteiger partial charge in [-0.05, 0) is 50.8 Å². The van der Waals surface area contributed by atoms with Crippen LogP contribution in [0.1, 0.15) is 37.8 Å². The quantitative estimate of drug-likeness (QED) is 0.391. The van der Waals surface area contributed by atoms with E-state index in [0.717, 1.165) is 63.5 Å². The number of ether oxygens (including phenoxy) is 1. The van der Waals surface area contributed by atoms with Crippen LogP contribution in [0.15, 0.2) is 55.5 Å². The fourth-order valence-electron chi connectivity index (χ4n) is 4.55. The second-order valence-corrected chi connectivity index (χ2v) is 8.68. The van der Waals surface area contributed by atoms with Crippen LogP contribution in [0.2, 0.25) is 0 Å². The first-order valence-corrected chi connectivity index (χ1v) is 11.4. The van der Waals surface area contributed by atoms with Gasteiger partial charge in [0.15, 0.2) is 0 Å². The van der Waals surface area contributed by atoms with E-state index >= 15 is 0 Å². The maximum absolute atomic E-state index is 6.19. The van der Waals surface area contributed by atoms with E-state index in [2.05, 4.69) is 36.2 Å². The summed E-state index contributed by atoms with van der Waals surface area (Å²) in [6.45, 7) is 1.97. The second kappa shape index (κ2) is 8.20. The molecule has 1 fully saturated rings. The van der Waals surface area contributed by atoms with Crippen LogP contribution in [0.25, 0.3) is 39.2 Å². The lowest BCUT2D eigenvalue weighted by Gasteiger charge is -2.22. The van der Waals surface area contributed by atoms with Crippen LogP contribution < -0.4 is 4.74 Å². The molecule has 0 amide bonds. The first-order chi connectivity index (χ1) is 16.2. The molecular formula is C25H25N7O.